The molecule has 0 heterocycles. The number of benzene rings is 2. The predicted molar refractivity (Wildman–Crippen MR) is 73.1 cm³/mol. The summed E-state index contributed by atoms with van der Waals surface area (Å²) in [6, 6.07) is 9.46. The second-order valence-corrected chi connectivity index (χ2v) is 5.80. The average Bonchev–Trinajstić information content (AvgIpc) is 2.27. The molecule has 0 saturated carbocycles. The lowest BCUT2D eigenvalue weighted by atomic mass is 10.3. The topological polar surface area (TPSA) is 72.2 Å². The fraction of sp³-hybridized carbons (Fsp3) is 0. The van der Waals surface area contributed by atoms with E-state index in [-0.39, 0.29) is 21.3 Å². The van der Waals surface area contributed by atoms with Gasteiger partial charge in [0.25, 0.3) is 10.0 Å². The maximum absolute atomic E-state index is 13.0. The van der Waals surface area contributed by atoms with E-state index in [1.165, 1.54) is 30.3 Å². The minimum absolute atomic E-state index is 0.00361. The van der Waals surface area contributed by atoms with E-state index in [0.29, 0.717) is 0 Å². The first-order chi connectivity index (χ1) is 8.90. The van der Waals surface area contributed by atoms with Gasteiger partial charge in [0.05, 0.1) is 16.4 Å². The molecule has 0 aliphatic carbocycles. The van der Waals surface area contributed by atoms with Crippen LogP contribution in [0.3, 0.4) is 0 Å². The quantitative estimate of drug-likeness (QED) is 0.856. The van der Waals surface area contributed by atoms with Crippen molar-refractivity contribution in [1.82, 2.24) is 0 Å². The van der Waals surface area contributed by atoms with Crippen LogP contribution in [-0.2, 0) is 10.0 Å². The van der Waals surface area contributed by atoms with E-state index in [1.807, 2.05) is 0 Å². The first-order valence-electron chi connectivity index (χ1n) is 5.22. The molecule has 2 rings (SSSR count). The van der Waals surface area contributed by atoms with Crippen LogP contribution in [0, 0.1) is 5.82 Å². The number of sulfonamides is 1. The zero-order chi connectivity index (χ0) is 14.0. The smallest absolute Gasteiger partial charge is 0.265 e. The van der Waals surface area contributed by atoms with Crippen LogP contribution in [0.2, 0.25) is 5.02 Å². The SMILES string of the molecule is Nc1cccc(Cl)c1S(=O)(=O)Nc1cccc(F)c1. The monoisotopic (exact) mass is 300 g/mol. The minimum Gasteiger partial charge on any atom is -0.398 e. The molecule has 2 aromatic rings. The Bertz CT molecular complexity index is 699. The Hall–Kier alpha value is -1.79. The summed E-state index contributed by atoms with van der Waals surface area (Å²) < 4.78 is 39.6. The summed E-state index contributed by atoms with van der Waals surface area (Å²) in [5.74, 6) is -0.549. The molecule has 0 spiro atoms. The highest BCUT2D eigenvalue weighted by atomic mass is 35.5. The van der Waals surface area contributed by atoms with Crippen LogP contribution in [0.5, 0.6) is 0 Å². The van der Waals surface area contributed by atoms with Crippen LogP contribution >= 0.6 is 11.6 Å². The maximum atomic E-state index is 13.0. The van der Waals surface area contributed by atoms with Gasteiger partial charge in [0.15, 0.2) is 0 Å². The van der Waals surface area contributed by atoms with Crippen LogP contribution in [0.4, 0.5) is 15.8 Å². The highest BCUT2D eigenvalue weighted by Crippen LogP contribution is 2.28. The highest BCUT2D eigenvalue weighted by molar-refractivity contribution is 7.93. The van der Waals surface area contributed by atoms with Gasteiger partial charge in [-0.25, -0.2) is 12.8 Å². The number of hydrogen-bond donors (Lipinski definition) is 2. The molecule has 0 bridgehead atoms. The van der Waals surface area contributed by atoms with Crippen LogP contribution in [0.1, 0.15) is 0 Å². The molecule has 0 aromatic heterocycles. The van der Waals surface area contributed by atoms with Gasteiger partial charge in [0.1, 0.15) is 10.7 Å². The Labute approximate surface area is 115 Å². The summed E-state index contributed by atoms with van der Waals surface area (Å²) in [7, 11) is -3.97. The van der Waals surface area contributed by atoms with Gasteiger partial charge < -0.3 is 5.73 Å². The van der Waals surface area contributed by atoms with E-state index >= 15 is 0 Å². The fourth-order valence-electron chi connectivity index (χ4n) is 1.57. The second kappa shape index (κ2) is 5.07. The Balaban J connectivity index is 2.44. The summed E-state index contributed by atoms with van der Waals surface area (Å²) in [6.45, 7) is 0. The van der Waals surface area contributed by atoms with Crippen molar-refractivity contribution >= 4 is 33.0 Å². The van der Waals surface area contributed by atoms with Gasteiger partial charge in [-0.3, -0.25) is 4.72 Å². The largest absolute Gasteiger partial charge is 0.398 e. The van der Waals surface area contributed by atoms with Crippen molar-refractivity contribution in [2.24, 2.45) is 0 Å². The molecular weight excluding hydrogens is 291 g/mol. The van der Waals surface area contributed by atoms with Crippen molar-refractivity contribution in [3.05, 3.63) is 53.3 Å². The standard InChI is InChI=1S/C12H10ClFN2O2S/c13-10-5-2-6-11(15)12(10)19(17,18)16-9-4-1-3-8(14)7-9/h1-7,16H,15H2. The summed E-state index contributed by atoms with van der Waals surface area (Å²) in [4.78, 5) is -0.221. The number of rotatable bonds is 3. The van der Waals surface area contributed by atoms with Gasteiger partial charge in [-0.2, -0.15) is 0 Å². The first kappa shape index (κ1) is 13.6. The number of hydrogen-bond acceptors (Lipinski definition) is 3. The third-order valence-corrected chi connectivity index (χ3v) is 4.27. The molecule has 4 nitrogen and oxygen atoms in total. The molecule has 0 unspecified atom stereocenters. The summed E-state index contributed by atoms with van der Waals surface area (Å²) in [6.07, 6.45) is 0. The van der Waals surface area contributed by atoms with Crippen molar-refractivity contribution in [1.29, 1.82) is 0 Å². The second-order valence-electron chi connectivity index (χ2n) is 3.77. The normalized spacial score (nSPS) is 11.3. The predicted octanol–water partition coefficient (Wildman–Crippen LogP) is 2.86. The van der Waals surface area contributed by atoms with Crippen molar-refractivity contribution in [2.45, 2.75) is 4.90 Å². The first-order valence-corrected chi connectivity index (χ1v) is 7.08. The Morgan fingerprint density at radius 3 is 2.47 bits per heavy atom. The highest BCUT2D eigenvalue weighted by Gasteiger charge is 2.21. The van der Waals surface area contributed by atoms with Crippen LogP contribution in [-0.4, -0.2) is 8.42 Å². The summed E-state index contributed by atoms with van der Waals surface area (Å²) in [5.41, 5.74) is 5.73. The molecule has 100 valence electrons. The maximum Gasteiger partial charge on any atom is 0.265 e. The van der Waals surface area contributed by atoms with Gasteiger partial charge in [-0.05, 0) is 30.3 Å². The zero-order valence-electron chi connectivity index (χ0n) is 9.60. The van der Waals surface area contributed by atoms with E-state index < -0.39 is 15.8 Å². The van der Waals surface area contributed by atoms with Crippen LogP contribution in [0.25, 0.3) is 0 Å². The average molecular weight is 301 g/mol. The molecule has 0 saturated heterocycles. The molecule has 2 aromatic carbocycles. The van der Waals surface area contributed by atoms with Crippen molar-refractivity contribution in [3.8, 4) is 0 Å². The number of nitrogen functional groups attached to an aromatic ring is 1. The van der Waals surface area contributed by atoms with Gasteiger partial charge in [0, 0.05) is 0 Å². The van der Waals surface area contributed by atoms with E-state index in [1.54, 1.807) is 6.07 Å². The lowest BCUT2D eigenvalue weighted by molar-refractivity contribution is 0.601. The van der Waals surface area contributed by atoms with Crippen molar-refractivity contribution in [3.63, 3.8) is 0 Å². The summed E-state index contributed by atoms with van der Waals surface area (Å²) in [5, 5.41) is 0.00361. The number of halogens is 2. The van der Waals surface area contributed by atoms with E-state index in [2.05, 4.69) is 4.72 Å². The molecule has 0 atom stereocenters. The third kappa shape index (κ3) is 2.97. The third-order valence-electron chi connectivity index (χ3n) is 2.34. The van der Waals surface area contributed by atoms with Gasteiger partial charge in [-0.1, -0.05) is 23.7 Å². The van der Waals surface area contributed by atoms with Gasteiger partial charge in [0.2, 0.25) is 0 Å². The molecule has 0 aliphatic heterocycles. The number of nitrogens with two attached hydrogens (primary N) is 1. The Kier molecular flexibility index (Phi) is 3.64. The lowest BCUT2D eigenvalue weighted by Crippen LogP contribution is -2.15. The fourth-order valence-corrected chi connectivity index (χ4v) is 3.30. The van der Waals surface area contributed by atoms with Crippen molar-refractivity contribution < 1.29 is 12.8 Å². The molecule has 0 radical (unpaired) electrons. The molecule has 0 amide bonds. The Morgan fingerprint density at radius 1 is 1.16 bits per heavy atom. The van der Waals surface area contributed by atoms with Gasteiger partial charge in [-0.15, -0.1) is 0 Å². The van der Waals surface area contributed by atoms with Gasteiger partial charge >= 0.3 is 0 Å². The number of anilines is 2. The van der Waals surface area contributed by atoms with E-state index in [4.69, 9.17) is 17.3 Å². The van der Waals surface area contributed by atoms with Crippen LogP contribution in [0.15, 0.2) is 47.4 Å². The molecule has 7 heteroatoms. The zero-order valence-corrected chi connectivity index (χ0v) is 11.2. The molecule has 0 aliphatic rings. The van der Waals surface area contributed by atoms with Crippen molar-refractivity contribution in [2.75, 3.05) is 10.5 Å². The lowest BCUT2D eigenvalue weighted by Gasteiger charge is -2.11. The summed E-state index contributed by atoms with van der Waals surface area (Å²) >= 11 is 5.84. The Morgan fingerprint density at radius 2 is 1.84 bits per heavy atom. The minimum atomic E-state index is -3.97. The molecule has 3 N–H and O–H groups in total. The van der Waals surface area contributed by atoms with Crippen LogP contribution < -0.4 is 10.5 Å². The molecule has 19 heavy (non-hydrogen) atoms. The number of nitrogens with one attached hydrogen (secondary N) is 1. The molecule has 0 fully saturated rings. The van der Waals surface area contributed by atoms with E-state index in [0.717, 1.165) is 6.07 Å². The molecular formula is C12H10ClFN2O2S. The van der Waals surface area contributed by atoms with E-state index in [9.17, 15) is 12.8 Å².